The highest BCUT2D eigenvalue weighted by Crippen LogP contribution is 2.22. The van der Waals surface area contributed by atoms with Crippen molar-refractivity contribution in [3.63, 3.8) is 0 Å². The third-order valence-corrected chi connectivity index (χ3v) is 5.91. The molecule has 146 valence electrons. The van der Waals surface area contributed by atoms with E-state index in [1.54, 1.807) is 30.3 Å². The van der Waals surface area contributed by atoms with E-state index < -0.39 is 15.9 Å². The van der Waals surface area contributed by atoms with E-state index in [1.807, 2.05) is 25.1 Å². The Labute approximate surface area is 170 Å². The molecule has 0 aliphatic rings. The lowest BCUT2D eigenvalue weighted by Crippen LogP contribution is -2.41. The molecular weight excluding hydrogens is 448 g/mol. The Morgan fingerprint density at radius 2 is 1.86 bits per heavy atom. The maximum Gasteiger partial charge on any atom is 0.301 e. The van der Waals surface area contributed by atoms with Crippen LogP contribution < -0.4 is 15.0 Å². The van der Waals surface area contributed by atoms with Gasteiger partial charge in [0.25, 0.3) is 10.0 Å². The molecule has 1 aromatic heterocycles. The van der Waals surface area contributed by atoms with Crippen LogP contribution in [0, 0.1) is 6.92 Å². The summed E-state index contributed by atoms with van der Waals surface area (Å²) in [5.74, 6) is 0.328. The molecule has 1 heterocycles. The van der Waals surface area contributed by atoms with Crippen molar-refractivity contribution in [2.45, 2.75) is 18.4 Å². The van der Waals surface area contributed by atoms with Gasteiger partial charge in [0, 0.05) is 4.47 Å². The van der Waals surface area contributed by atoms with Crippen LogP contribution in [-0.4, -0.2) is 14.3 Å². The second-order valence-corrected chi connectivity index (χ2v) is 8.37. The van der Waals surface area contributed by atoms with E-state index in [2.05, 4.69) is 26.2 Å². The van der Waals surface area contributed by atoms with Crippen LogP contribution in [0.5, 0.6) is 5.75 Å². The highest BCUT2D eigenvalue weighted by Gasteiger charge is 2.20. The molecular formula is C19H17BrN2O5S. The zero-order valence-electron chi connectivity index (χ0n) is 14.8. The Balaban J connectivity index is 1.60. The molecule has 0 aliphatic heterocycles. The van der Waals surface area contributed by atoms with Gasteiger partial charge in [0.05, 0.1) is 4.90 Å². The molecule has 1 amide bonds. The fourth-order valence-electron chi connectivity index (χ4n) is 2.30. The van der Waals surface area contributed by atoms with Crippen LogP contribution in [0.3, 0.4) is 0 Å². The van der Waals surface area contributed by atoms with E-state index in [0.29, 0.717) is 16.0 Å². The topological polar surface area (TPSA) is 97.6 Å². The first-order valence-corrected chi connectivity index (χ1v) is 10.5. The molecule has 9 heteroatoms. The summed E-state index contributed by atoms with van der Waals surface area (Å²) in [5, 5.41) is 0. The number of ether oxygens (including phenoxy) is 1. The lowest BCUT2D eigenvalue weighted by molar-refractivity contribution is 0.0913. The lowest BCUT2D eigenvalue weighted by Gasteiger charge is -2.09. The van der Waals surface area contributed by atoms with Crippen LogP contribution in [0.25, 0.3) is 0 Å². The average Bonchev–Trinajstić information content (AvgIpc) is 3.14. The molecule has 0 spiro atoms. The van der Waals surface area contributed by atoms with Crippen molar-refractivity contribution in [2.24, 2.45) is 0 Å². The monoisotopic (exact) mass is 464 g/mol. The molecule has 0 saturated heterocycles. The van der Waals surface area contributed by atoms with Crippen molar-refractivity contribution in [1.29, 1.82) is 0 Å². The summed E-state index contributed by atoms with van der Waals surface area (Å²) in [7, 11) is -3.95. The molecule has 3 aromatic rings. The number of hydrogen-bond acceptors (Lipinski definition) is 5. The summed E-state index contributed by atoms with van der Waals surface area (Å²) in [6, 6.07) is 17.0. The van der Waals surface area contributed by atoms with E-state index in [0.717, 1.165) is 5.56 Å². The van der Waals surface area contributed by atoms with Gasteiger partial charge in [-0.25, -0.2) is 8.42 Å². The number of hydrazine groups is 1. The summed E-state index contributed by atoms with van der Waals surface area (Å²) < 4.78 is 36.0. The molecule has 0 radical (unpaired) electrons. The third-order valence-electron chi connectivity index (χ3n) is 3.69. The number of furan rings is 1. The number of para-hydroxylation sites is 1. The number of nitrogens with one attached hydrogen (secondary N) is 2. The Hall–Kier alpha value is -2.62. The molecule has 7 nitrogen and oxygen atoms in total. The number of carbonyl (C=O) groups is 1. The fourth-order valence-corrected chi connectivity index (χ4v) is 4.34. The predicted octanol–water partition coefficient (Wildman–Crippen LogP) is 3.55. The van der Waals surface area contributed by atoms with E-state index in [1.165, 1.54) is 12.1 Å². The maximum absolute atomic E-state index is 12.4. The standard InChI is InChI=1S/C19H17BrN2O5S/c1-13-7-10-18(16(20)11-13)28(24,25)22-21-19(23)17-9-8-15(27-17)12-26-14-5-3-2-4-6-14/h2-11,22H,12H2,1H3,(H,21,23). The van der Waals surface area contributed by atoms with Crippen LogP contribution in [0.2, 0.25) is 0 Å². The molecule has 0 unspecified atom stereocenters. The molecule has 0 saturated carbocycles. The number of aryl methyl sites for hydroxylation is 1. The molecule has 0 atom stereocenters. The number of sulfonamides is 1. The van der Waals surface area contributed by atoms with Crippen LogP contribution in [0.15, 0.2) is 74.4 Å². The Bertz CT molecular complexity index is 1080. The quantitative estimate of drug-likeness (QED) is 0.521. The number of amides is 1. The van der Waals surface area contributed by atoms with Crippen LogP contribution >= 0.6 is 15.9 Å². The van der Waals surface area contributed by atoms with Crippen molar-refractivity contribution in [2.75, 3.05) is 0 Å². The van der Waals surface area contributed by atoms with Gasteiger partial charge in [-0.3, -0.25) is 10.2 Å². The summed E-state index contributed by atoms with van der Waals surface area (Å²) in [4.78, 5) is 14.2. The fraction of sp³-hybridized carbons (Fsp3) is 0.105. The first-order chi connectivity index (χ1) is 13.3. The van der Waals surface area contributed by atoms with Gasteiger partial charge in [-0.1, -0.05) is 24.3 Å². The largest absolute Gasteiger partial charge is 0.486 e. The number of halogens is 1. The maximum atomic E-state index is 12.4. The van der Waals surface area contributed by atoms with Crippen molar-refractivity contribution < 1.29 is 22.4 Å². The van der Waals surface area contributed by atoms with Crippen molar-refractivity contribution in [1.82, 2.24) is 10.3 Å². The summed E-state index contributed by atoms with van der Waals surface area (Å²) in [6.45, 7) is 1.98. The minimum absolute atomic E-state index is 0.00907. The highest BCUT2D eigenvalue weighted by molar-refractivity contribution is 9.10. The lowest BCUT2D eigenvalue weighted by atomic mass is 10.2. The van der Waals surface area contributed by atoms with Gasteiger partial charge in [0.2, 0.25) is 0 Å². The van der Waals surface area contributed by atoms with Gasteiger partial charge < -0.3 is 9.15 Å². The molecule has 0 fully saturated rings. The Kier molecular flexibility index (Phi) is 6.18. The minimum Gasteiger partial charge on any atom is -0.486 e. The number of benzene rings is 2. The molecule has 2 N–H and O–H groups in total. The second kappa shape index (κ2) is 8.59. The van der Waals surface area contributed by atoms with Crippen molar-refractivity contribution in [3.8, 4) is 5.75 Å². The molecule has 28 heavy (non-hydrogen) atoms. The van der Waals surface area contributed by atoms with Gasteiger partial charge >= 0.3 is 5.91 Å². The van der Waals surface area contributed by atoms with Crippen LogP contribution in [-0.2, 0) is 16.6 Å². The first kappa shape index (κ1) is 20.1. The van der Waals surface area contributed by atoms with Gasteiger partial charge in [-0.2, -0.15) is 0 Å². The van der Waals surface area contributed by atoms with E-state index in [9.17, 15) is 13.2 Å². The SMILES string of the molecule is Cc1ccc(S(=O)(=O)NNC(=O)c2ccc(COc3ccccc3)o2)c(Br)c1. The smallest absolute Gasteiger partial charge is 0.301 e. The average molecular weight is 465 g/mol. The van der Waals surface area contributed by atoms with E-state index >= 15 is 0 Å². The molecule has 0 bridgehead atoms. The van der Waals surface area contributed by atoms with Gasteiger partial charge in [0.15, 0.2) is 5.76 Å². The van der Waals surface area contributed by atoms with E-state index in [-0.39, 0.29) is 17.3 Å². The number of rotatable bonds is 7. The number of hydrogen-bond donors (Lipinski definition) is 2. The zero-order valence-corrected chi connectivity index (χ0v) is 17.2. The van der Waals surface area contributed by atoms with Gasteiger partial charge in [-0.05, 0) is 64.8 Å². The van der Waals surface area contributed by atoms with E-state index in [4.69, 9.17) is 9.15 Å². The summed E-state index contributed by atoms with van der Waals surface area (Å²) in [6.07, 6.45) is 0. The first-order valence-electron chi connectivity index (χ1n) is 8.20. The number of carbonyl (C=O) groups excluding carboxylic acids is 1. The molecule has 3 rings (SSSR count). The van der Waals surface area contributed by atoms with Crippen molar-refractivity contribution in [3.05, 3.63) is 82.2 Å². The third kappa shape index (κ3) is 5.00. The van der Waals surface area contributed by atoms with Crippen LogP contribution in [0.1, 0.15) is 21.9 Å². The van der Waals surface area contributed by atoms with Gasteiger partial charge in [-0.15, -0.1) is 4.83 Å². The van der Waals surface area contributed by atoms with Gasteiger partial charge in [0.1, 0.15) is 18.1 Å². The Morgan fingerprint density at radius 1 is 1.11 bits per heavy atom. The normalized spacial score (nSPS) is 11.2. The highest BCUT2D eigenvalue weighted by atomic mass is 79.9. The summed E-state index contributed by atoms with van der Waals surface area (Å²) in [5.41, 5.74) is 3.03. The van der Waals surface area contributed by atoms with Crippen LogP contribution in [0.4, 0.5) is 0 Å². The minimum atomic E-state index is -3.95. The second-order valence-electron chi connectivity index (χ2n) is 5.86. The molecule has 0 aliphatic carbocycles. The van der Waals surface area contributed by atoms with Crippen molar-refractivity contribution >= 4 is 31.9 Å². The summed E-state index contributed by atoms with van der Waals surface area (Å²) >= 11 is 3.21. The predicted molar refractivity (Wildman–Crippen MR) is 106 cm³/mol. The Morgan fingerprint density at radius 3 is 2.57 bits per heavy atom. The zero-order chi connectivity index (χ0) is 20.1. The molecule has 2 aromatic carbocycles.